The normalized spacial score (nSPS) is 20.3. The molecule has 0 saturated heterocycles. The van der Waals surface area contributed by atoms with Crippen LogP contribution in [0.15, 0.2) is 42.7 Å². The summed E-state index contributed by atoms with van der Waals surface area (Å²) in [5.74, 6) is 2.86. The number of pyridine rings is 2. The van der Waals surface area contributed by atoms with Crippen molar-refractivity contribution in [1.29, 1.82) is 0 Å². The standard InChI is InChI=1S/C27H29FN2O4S/c1-16-9-25(33-7-4-8-35(3,31)32)29-13-22(16)18-5-6-24(28)20(10-18)15-34-26-12-19-11-21-17(2)27(21)23(19)14-30-26/h5-6,9-10,12-14,17,21,27H,4,7-8,11,15H2,1-3H3/t17-,21-,27+/m0/s1. The van der Waals surface area contributed by atoms with Gasteiger partial charge in [0, 0.05) is 41.9 Å². The number of rotatable bonds is 9. The van der Waals surface area contributed by atoms with Crippen molar-refractivity contribution < 1.29 is 22.3 Å². The van der Waals surface area contributed by atoms with Gasteiger partial charge < -0.3 is 9.47 Å². The van der Waals surface area contributed by atoms with E-state index >= 15 is 0 Å². The number of halogens is 1. The first-order valence-corrected chi connectivity index (χ1v) is 13.9. The van der Waals surface area contributed by atoms with Gasteiger partial charge in [0.05, 0.1) is 12.4 Å². The van der Waals surface area contributed by atoms with Gasteiger partial charge in [0.25, 0.3) is 0 Å². The molecule has 0 N–H and O–H groups in total. The zero-order valence-corrected chi connectivity index (χ0v) is 20.9. The molecule has 2 aromatic heterocycles. The van der Waals surface area contributed by atoms with Crippen molar-refractivity contribution in [2.45, 2.75) is 39.2 Å². The van der Waals surface area contributed by atoms with Crippen LogP contribution in [-0.2, 0) is 22.9 Å². The lowest BCUT2D eigenvalue weighted by atomic mass is 10.0. The van der Waals surface area contributed by atoms with Gasteiger partial charge in [-0.1, -0.05) is 13.0 Å². The fourth-order valence-electron chi connectivity index (χ4n) is 5.08. The molecule has 0 spiro atoms. The second-order valence-electron chi connectivity index (χ2n) is 9.74. The van der Waals surface area contributed by atoms with Crippen molar-refractivity contribution in [2.75, 3.05) is 18.6 Å². The van der Waals surface area contributed by atoms with Crippen LogP contribution < -0.4 is 9.47 Å². The highest BCUT2D eigenvalue weighted by atomic mass is 32.2. The van der Waals surface area contributed by atoms with Gasteiger partial charge in [-0.2, -0.15) is 0 Å². The molecule has 1 aromatic carbocycles. The lowest BCUT2D eigenvalue weighted by Gasteiger charge is -2.12. The summed E-state index contributed by atoms with van der Waals surface area (Å²) >= 11 is 0. The van der Waals surface area contributed by atoms with Crippen molar-refractivity contribution in [2.24, 2.45) is 11.8 Å². The summed E-state index contributed by atoms with van der Waals surface area (Å²) < 4.78 is 48.5. The third-order valence-corrected chi connectivity index (χ3v) is 8.13. The average Bonchev–Trinajstić information content (AvgIpc) is 3.26. The highest BCUT2D eigenvalue weighted by molar-refractivity contribution is 7.90. The van der Waals surface area contributed by atoms with Crippen molar-refractivity contribution in [3.8, 4) is 22.9 Å². The van der Waals surface area contributed by atoms with Crippen molar-refractivity contribution in [3.63, 3.8) is 0 Å². The molecule has 6 nitrogen and oxygen atoms in total. The van der Waals surface area contributed by atoms with E-state index in [9.17, 15) is 12.8 Å². The highest BCUT2D eigenvalue weighted by Gasteiger charge is 2.52. The summed E-state index contributed by atoms with van der Waals surface area (Å²) in [6.07, 6.45) is 6.30. The maximum atomic E-state index is 14.6. The van der Waals surface area contributed by atoms with E-state index in [0.29, 0.717) is 29.7 Å². The summed E-state index contributed by atoms with van der Waals surface area (Å²) in [6, 6.07) is 8.73. The van der Waals surface area contributed by atoms with Crippen LogP contribution in [0.25, 0.3) is 11.1 Å². The summed E-state index contributed by atoms with van der Waals surface area (Å²) in [5, 5.41) is 0. The molecule has 5 rings (SSSR count). The SMILES string of the molecule is Cc1cc(OCCCS(C)(=O)=O)ncc1-c1ccc(F)c(COc2cc3c(cn2)[C@@H]2[C@@H](C)[C@@H]2C3)c1. The Kier molecular flexibility index (Phi) is 6.25. The number of ether oxygens (including phenoxy) is 2. The molecule has 184 valence electrons. The second kappa shape index (κ2) is 9.22. The van der Waals surface area contributed by atoms with Crippen LogP contribution in [0.3, 0.4) is 0 Å². The molecule has 1 fully saturated rings. The maximum Gasteiger partial charge on any atom is 0.213 e. The van der Waals surface area contributed by atoms with E-state index in [4.69, 9.17) is 9.47 Å². The Morgan fingerprint density at radius 2 is 1.86 bits per heavy atom. The zero-order chi connectivity index (χ0) is 24.7. The van der Waals surface area contributed by atoms with E-state index in [1.807, 2.05) is 19.2 Å². The van der Waals surface area contributed by atoms with Gasteiger partial charge in [0.1, 0.15) is 22.3 Å². The molecule has 2 aliphatic rings. The van der Waals surface area contributed by atoms with Crippen LogP contribution in [0.2, 0.25) is 0 Å². The predicted molar refractivity (Wildman–Crippen MR) is 132 cm³/mol. The topological polar surface area (TPSA) is 78.4 Å². The van der Waals surface area contributed by atoms with E-state index in [-0.39, 0.29) is 24.8 Å². The summed E-state index contributed by atoms with van der Waals surface area (Å²) in [5.41, 5.74) is 5.70. The van der Waals surface area contributed by atoms with E-state index in [1.54, 1.807) is 24.4 Å². The summed E-state index contributed by atoms with van der Waals surface area (Å²) in [6.45, 7) is 4.58. The third kappa shape index (κ3) is 5.17. The Labute approximate surface area is 205 Å². The quantitative estimate of drug-likeness (QED) is 0.393. The number of sulfone groups is 1. The second-order valence-corrected chi connectivity index (χ2v) is 12.0. The van der Waals surface area contributed by atoms with E-state index in [0.717, 1.165) is 34.9 Å². The van der Waals surface area contributed by atoms with Crippen molar-refractivity contribution in [3.05, 3.63) is 70.8 Å². The van der Waals surface area contributed by atoms with Gasteiger partial charge >= 0.3 is 0 Å². The Bertz CT molecular complexity index is 1380. The number of fused-ring (bicyclic) bond motifs is 3. The smallest absolute Gasteiger partial charge is 0.213 e. The van der Waals surface area contributed by atoms with Crippen LogP contribution in [0, 0.1) is 24.6 Å². The first-order valence-electron chi connectivity index (χ1n) is 11.9. The summed E-state index contributed by atoms with van der Waals surface area (Å²) in [7, 11) is -3.01. The Morgan fingerprint density at radius 1 is 1.09 bits per heavy atom. The molecule has 0 bridgehead atoms. The number of hydrogen-bond donors (Lipinski definition) is 0. The van der Waals surface area contributed by atoms with E-state index in [1.165, 1.54) is 23.4 Å². The third-order valence-electron chi connectivity index (χ3n) is 7.10. The molecule has 0 unspecified atom stereocenters. The fraction of sp³-hybridized carbons (Fsp3) is 0.407. The van der Waals surface area contributed by atoms with Gasteiger partial charge in [-0.15, -0.1) is 0 Å². The van der Waals surface area contributed by atoms with Gasteiger partial charge in [-0.25, -0.2) is 22.8 Å². The zero-order valence-electron chi connectivity index (χ0n) is 20.1. The van der Waals surface area contributed by atoms with Gasteiger partial charge in [-0.05, 0) is 71.9 Å². The Morgan fingerprint density at radius 3 is 2.63 bits per heavy atom. The molecule has 3 atom stereocenters. The minimum absolute atomic E-state index is 0.0751. The van der Waals surface area contributed by atoms with Crippen molar-refractivity contribution in [1.82, 2.24) is 9.97 Å². The van der Waals surface area contributed by atoms with Crippen LogP contribution >= 0.6 is 0 Å². The monoisotopic (exact) mass is 496 g/mol. The van der Waals surface area contributed by atoms with E-state index in [2.05, 4.69) is 16.9 Å². The number of benzene rings is 1. The number of aromatic nitrogens is 2. The predicted octanol–water partition coefficient (Wildman–Crippen LogP) is 4.89. The van der Waals surface area contributed by atoms with Gasteiger partial charge in [-0.3, -0.25) is 0 Å². The molecule has 0 radical (unpaired) electrons. The minimum atomic E-state index is -3.01. The Balaban J connectivity index is 1.24. The lowest BCUT2D eigenvalue weighted by Crippen LogP contribution is -2.08. The Hall–Kier alpha value is -3.00. The van der Waals surface area contributed by atoms with Crippen molar-refractivity contribution >= 4 is 9.84 Å². The molecular formula is C27H29FN2O4S. The number of aryl methyl sites for hydroxylation is 1. The number of nitrogens with zero attached hydrogens (tertiary/aromatic N) is 2. The van der Waals surface area contributed by atoms with Crippen LogP contribution in [0.5, 0.6) is 11.8 Å². The highest BCUT2D eigenvalue weighted by Crippen LogP contribution is 2.61. The molecule has 2 heterocycles. The van der Waals surface area contributed by atoms with E-state index < -0.39 is 9.84 Å². The lowest BCUT2D eigenvalue weighted by molar-refractivity contribution is 0.287. The molecule has 3 aromatic rings. The maximum absolute atomic E-state index is 14.6. The molecule has 0 amide bonds. The van der Waals surface area contributed by atoms with Crippen LogP contribution in [0.4, 0.5) is 4.39 Å². The largest absolute Gasteiger partial charge is 0.478 e. The fourth-order valence-corrected chi connectivity index (χ4v) is 5.72. The first kappa shape index (κ1) is 23.7. The first-order chi connectivity index (χ1) is 16.7. The molecule has 1 saturated carbocycles. The van der Waals surface area contributed by atoms with Crippen LogP contribution in [0.1, 0.15) is 41.5 Å². The minimum Gasteiger partial charge on any atom is -0.478 e. The van der Waals surface area contributed by atoms with Gasteiger partial charge in [0.2, 0.25) is 11.8 Å². The molecule has 2 aliphatic carbocycles. The van der Waals surface area contributed by atoms with Crippen LogP contribution in [-0.4, -0.2) is 37.0 Å². The summed E-state index contributed by atoms with van der Waals surface area (Å²) in [4.78, 5) is 8.79. The molecular weight excluding hydrogens is 467 g/mol. The number of hydrogen-bond acceptors (Lipinski definition) is 6. The van der Waals surface area contributed by atoms with Gasteiger partial charge in [0.15, 0.2) is 0 Å². The molecule has 35 heavy (non-hydrogen) atoms. The molecule has 0 aliphatic heterocycles. The average molecular weight is 497 g/mol. The molecule has 8 heteroatoms.